The van der Waals surface area contributed by atoms with Crippen LogP contribution in [0.25, 0.3) is 0 Å². The first-order chi connectivity index (χ1) is 12.2. The molecule has 126 valence electrons. The predicted octanol–water partition coefficient (Wildman–Crippen LogP) is 5.50. The molecule has 0 aliphatic rings. The van der Waals surface area contributed by atoms with Gasteiger partial charge in [0.05, 0.1) is 16.9 Å². The Hall–Kier alpha value is -2.85. The summed E-state index contributed by atoms with van der Waals surface area (Å²) in [5.74, 6) is 0.335. The van der Waals surface area contributed by atoms with Crippen LogP contribution in [0.4, 0.5) is 10.1 Å². The summed E-state index contributed by atoms with van der Waals surface area (Å²) in [5.41, 5.74) is 5.43. The lowest BCUT2D eigenvalue weighted by Crippen LogP contribution is -1.96. The van der Waals surface area contributed by atoms with Crippen molar-refractivity contribution in [2.24, 2.45) is 5.10 Å². The summed E-state index contributed by atoms with van der Waals surface area (Å²) in [6.45, 7) is 0.458. The lowest BCUT2D eigenvalue weighted by Gasteiger charge is -2.08. The van der Waals surface area contributed by atoms with Crippen LogP contribution in [0.5, 0.6) is 5.75 Å². The van der Waals surface area contributed by atoms with Gasteiger partial charge in [0, 0.05) is 0 Å². The molecule has 3 aromatic rings. The molecule has 0 atom stereocenters. The van der Waals surface area contributed by atoms with Crippen molar-refractivity contribution in [2.75, 3.05) is 5.43 Å². The monoisotopic (exact) mass is 354 g/mol. The fraction of sp³-hybridized carbons (Fsp3) is 0.0500. The van der Waals surface area contributed by atoms with E-state index in [9.17, 15) is 4.39 Å². The third-order valence-corrected chi connectivity index (χ3v) is 3.74. The molecule has 25 heavy (non-hydrogen) atoms. The van der Waals surface area contributed by atoms with E-state index in [-0.39, 0.29) is 5.82 Å². The van der Waals surface area contributed by atoms with E-state index in [4.69, 9.17) is 16.3 Å². The second kappa shape index (κ2) is 8.31. The third kappa shape index (κ3) is 5.06. The fourth-order valence-corrected chi connectivity index (χ4v) is 2.40. The van der Waals surface area contributed by atoms with Crippen molar-refractivity contribution in [1.82, 2.24) is 0 Å². The SMILES string of the molecule is Fc1ccc(N/N=C/c2ccc(OCc3ccccc3)c(Cl)c2)cc1. The van der Waals surface area contributed by atoms with Gasteiger partial charge in [0.15, 0.2) is 0 Å². The van der Waals surface area contributed by atoms with E-state index in [1.165, 1.54) is 12.1 Å². The zero-order valence-corrected chi connectivity index (χ0v) is 14.1. The molecule has 0 aliphatic carbocycles. The summed E-state index contributed by atoms with van der Waals surface area (Å²) < 4.78 is 18.6. The molecule has 0 bridgehead atoms. The summed E-state index contributed by atoms with van der Waals surface area (Å²) in [7, 11) is 0. The van der Waals surface area contributed by atoms with Crippen LogP contribution in [0.15, 0.2) is 77.9 Å². The molecule has 0 amide bonds. The topological polar surface area (TPSA) is 33.6 Å². The number of rotatable bonds is 6. The standard InChI is InChI=1S/C20H16ClFN2O/c21-19-12-16(13-23-24-18-9-7-17(22)8-10-18)6-11-20(19)25-14-15-4-2-1-3-5-15/h1-13,24H,14H2/b23-13+. The summed E-state index contributed by atoms with van der Waals surface area (Å²) in [5, 5.41) is 4.62. The van der Waals surface area contributed by atoms with Crippen molar-refractivity contribution in [3.8, 4) is 5.75 Å². The molecule has 0 heterocycles. The molecule has 0 unspecified atom stereocenters. The Morgan fingerprint density at radius 1 is 1.00 bits per heavy atom. The Kier molecular flexibility index (Phi) is 5.65. The number of hydrogen-bond donors (Lipinski definition) is 1. The molecule has 0 radical (unpaired) electrons. The minimum atomic E-state index is -0.285. The van der Waals surface area contributed by atoms with Gasteiger partial charge in [0.1, 0.15) is 18.2 Å². The number of nitrogens with one attached hydrogen (secondary N) is 1. The van der Waals surface area contributed by atoms with Gasteiger partial charge >= 0.3 is 0 Å². The van der Waals surface area contributed by atoms with Crippen molar-refractivity contribution >= 4 is 23.5 Å². The van der Waals surface area contributed by atoms with E-state index in [1.54, 1.807) is 24.4 Å². The third-order valence-electron chi connectivity index (χ3n) is 3.44. The number of benzene rings is 3. The highest BCUT2D eigenvalue weighted by Crippen LogP contribution is 2.25. The second-order valence-corrected chi connectivity index (χ2v) is 5.75. The van der Waals surface area contributed by atoms with Crippen LogP contribution in [0.3, 0.4) is 0 Å². The highest BCUT2D eigenvalue weighted by Gasteiger charge is 2.03. The summed E-state index contributed by atoms with van der Waals surface area (Å²) in [4.78, 5) is 0. The molecule has 3 rings (SSSR count). The Bertz CT molecular complexity index is 851. The smallest absolute Gasteiger partial charge is 0.138 e. The van der Waals surface area contributed by atoms with Gasteiger partial charge in [0.2, 0.25) is 0 Å². The number of halogens is 2. The van der Waals surface area contributed by atoms with Crippen molar-refractivity contribution in [3.05, 3.63) is 94.8 Å². The van der Waals surface area contributed by atoms with Crippen LogP contribution in [0.1, 0.15) is 11.1 Å². The molecule has 0 spiro atoms. The molecule has 0 aliphatic heterocycles. The molecule has 1 N–H and O–H groups in total. The van der Waals surface area contributed by atoms with Gasteiger partial charge in [-0.15, -0.1) is 0 Å². The first-order valence-corrected chi connectivity index (χ1v) is 8.09. The van der Waals surface area contributed by atoms with Gasteiger partial charge in [0.25, 0.3) is 0 Å². The lowest BCUT2D eigenvalue weighted by molar-refractivity contribution is 0.306. The number of hydrogen-bond acceptors (Lipinski definition) is 3. The van der Waals surface area contributed by atoms with Crippen molar-refractivity contribution < 1.29 is 9.13 Å². The fourth-order valence-electron chi connectivity index (χ4n) is 2.16. The maximum atomic E-state index is 12.8. The van der Waals surface area contributed by atoms with Crippen LogP contribution < -0.4 is 10.2 Å². The van der Waals surface area contributed by atoms with E-state index in [1.807, 2.05) is 42.5 Å². The molecule has 0 fully saturated rings. The average molecular weight is 355 g/mol. The van der Waals surface area contributed by atoms with Crippen LogP contribution >= 0.6 is 11.6 Å². The van der Waals surface area contributed by atoms with Gasteiger partial charge in [-0.3, -0.25) is 5.43 Å². The van der Waals surface area contributed by atoms with Gasteiger partial charge in [-0.05, 0) is 53.6 Å². The van der Waals surface area contributed by atoms with Crippen LogP contribution in [-0.2, 0) is 6.61 Å². The first kappa shape index (κ1) is 17.0. The Morgan fingerprint density at radius 2 is 1.76 bits per heavy atom. The molecule has 3 nitrogen and oxygen atoms in total. The predicted molar refractivity (Wildman–Crippen MR) is 99.8 cm³/mol. The normalized spacial score (nSPS) is 10.8. The van der Waals surface area contributed by atoms with Gasteiger partial charge < -0.3 is 4.74 Å². The van der Waals surface area contributed by atoms with Crippen LogP contribution in [0.2, 0.25) is 5.02 Å². The summed E-state index contributed by atoms with van der Waals surface area (Å²) in [6, 6.07) is 21.3. The molecule has 0 saturated carbocycles. The Balaban J connectivity index is 1.59. The molecular weight excluding hydrogens is 339 g/mol. The lowest BCUT2D eigenvalue weighted by atomic mass is 10.2. The number of ether oxygens (including phenoxy) is 1. The van der Waals surface area contributed by atoms with E-state index >= 15 is 0 Å². The quantitative estimate of drug-likeness (QED) is 0.468. The Morgan fingerprint density at radius 3 is 2.48 bits per heavy atom. The largest absolute Gasteiger partial charge is 0.487 e. The number of nitrogens with zero attached hydrogens (tertiary/aromatic N) is 1. The molecule has 0 saturated heterocycles. The number of anilines is 1. The highest BCUT2D eigenvalue weighted by molar-refractivity contribution is 6.32. The van der Waals surface area contributed by atoms with Crippen molar-refractivity contribution in [2.45, 2.75) is 6.61 Å². The first-order valence-electron chi connectivity index (χ1n) is 7.71. The minimum absolute atomic E-state index is 0.285. The minimum Gasteiger partial charge on any atom is -0.487 e. The van der Waals surface area contributed by atoms with Crippen LogP contribution in [0, 0.1) is 5.82 Å². The van der Waals surface area contributed by atoms with E-state index < -0.39 is 0 Å². The second-order valence-electron chi connectivity index (χ2n) is 5.34. The molecule has 0 aromatic heterocycles. The molecule has 3 aromatic carbocycles. The molecular formula is C20H16ClFN2O. The van der Waals surface area contributed by atoms with Crippen molar-refractivity contribution in [1.29, 1.82) is 0 Å². The Labute approximate surface area is 150 Å². The zero-order valence-electron chi connectivity index (χ0n) is 13.3. The summed E-state index contributed by atoms with van der Waals surface area (Å²) in [6.07, 6.45) is 1.64. The van der Waals surface area contributed by atoms with E-state index in [0.717, 1.165) is 11.1 Å². The average Bonchev–Trinajstić information content (AvgIpc) is 2.63. The van der Waals surface area contributed by atoms with Gasteiger partial charge in [-0.2, -0.15) is 5.10 Å². The molecule has 5 heteroatoms. The van der Waals surface area contributed by atoms with E-state index in [2.05, 4.69) is 10.5 Å². The number of hydrazone groups is 1. The maximum Gasteiger partial charge on any atom is 0.138 e. The highest BCUT2D eigenvalue weighted by atomic mass is 35.5. The van der Waals surface area contributed by atoms with Crippen LogP contribution in [-0.4, -0.2) is 6.21 Å². The maximum absolute atomic E-state index is 12.8. The summed E-state index contributed by atoms with van der Waals surface area (Å²) >= 11 is 6.26. The van der Waals surface area contributed by atoms with Crippen molar-refractivity contribution in [3.63, 3.8) is 0 Å². The van der Waals surface area contributed by atoms with Gasteiger partial charge in [-0.1, -0.05) is 41.9 Å². The van der Waals surface area contributed by atoms with Gasteiger partial charge in [-0.25, -0.2) is 4.39 Å². The zero-order chi connectivity index (χ0) is 17.5. The van der Waals surface area contributed by atoms with E-state index in [0.29, 0.717) is 23.1 Å².